The maximum atomic E-state index is 6.36. The number of ether oxygens (including phenoxy) is 2. The van der Waals surface area contributed by atoms with Crippen LogP contribution in [0.25, 0.3) is 0 Å². The van der Waals surface area contributed by atoms with Crippen LogP contribution in [0, 0.1) is 11.3 Å². The molecule has 0 aromatic heterocycles. The molecular weight excluding hydrogens is 314 g/mol. The lowest BCUT2D eigenvalue weighted by molar-refractivity contribution is -0.124. The number of nitrogens with one attached hydrogen (secondary N) is 1. The van der Waals surface area contributed by atoms with Crippen molar-refractivity contribution in [2.24, 2.45) is 22.1 Å². The number of hydrogen-bond acceptors (Lipinski definition) is 3. The van der Waals surface area contributed by atoms with Gasteiger partial charge in [-0.25, -0.2) is 4.99 Å². The molecule has 1 saturated heterocycles. The molecule has 2 aliphatic heterocycles. The highest BCUT2D eigenvalue weighted by atomic mass is 16.5. The summed E-state index contributed by atoms with van der Waals surface area (Å²) in [6.07, 6.45) is 7.63. The average molecular weight is 341 g/mol. The number of hydrogen-bond donors (Lipinski definition) is 2. The average Bonchev–Trinajstić information content (AvgIpc) is 3.29. The smallest absolute Gasteiger partial charge is 0.189 e. The molecule has 134 valence electrons. The minimum Gasteiger partial charge on any atom is -0.493 e. The van der Waals surface area contributed by atoms with Crippen molar-refractivity contribution >= 4 is 5.96 Å². The van der Waals surface area contributed by atoms with Gasteiger partial charge in [0, 0.05) is 36.0 Å². The zero-order chi connectivity index (χ0) is 16.9. The first kappa shape index (κ1) is 15.5. The van der Waals surface area contributed by atoms with E-state index in [1.165, 1.54) is 25.7 Å². The lowest BCUT2D eigenvalue weighted by atomic mass is 9.54. The molecule has 5 nitrogen and oxygen atoms in total. The first-order valence-corrected chi connectivity index (χ1v) is 9.71. The van der Waals surface area contributed by atoms with E-state index in [1.54, 1.807) is 0 Å². The third kappa shape index (κ3) is 2.35. The fourth-order valence-corrected chi connectivity index (χ4v) is 5.73. The zero-order valence-corrected chi connectivity index (χ0v) is 14.6. The maximum Gasteiger partial charge on any atom is 0.189 e. The van der Waals surface area contributed by atoms with Crippen molar-refractivity contribution in [2.75, 3.05) is 13.2 Å². The number of guanidine groups is 1. The molecule has 3 N–H and O–H groups in total. The van der Waals surface area contributed by atoms with Crippen LogP contribution in [-0.4, -0.2) is 31.3 Å². The van der Waals surface area contributed by atoms with Crippen LogP contribution in [0.1, 0.15) is 50.1 Å². The molecule has 5 rings (SSSR count). The molecule has 0 amide bonds. The van der Waals surface area contributed by atoms with Crippen LogP contribution in [0.3, 0.4) is 0 Å². The minimum absolute atomic E-state index is 0.0904. The molecule has 0 bridgehead atoms. The molecule has 3 fully saturated rings. The molecule has 4 unspecified atom stereocenters. The third-order valence-electron chi connectivity index (χ3n) is 6.81. The summed E-state index contributed by atoms with van der Waals surface area (Å²) in [5, 5.41) is 3.61. The summed E-state index contributed by atoms with van der Waals surface area (Å²) in [6.45, 7) is 1.60. The Morgan fingerprint density at radius 2 is 2.00 bits per heavy atom. The number of nitrogens with zero attached hydrogens (tertiary/aromatic N) is 1. The molecule has 2 aliphatic carbocycles. The number of fused-ring (bicyclic) bond motifs is 3. The summed E-state index contributed by atoms with van der Waals surface area (Å²) in [5.74, 6) is 2.13. The van der Waals surface area contributed by atoms with Crippen molar-refractivity contribution in [1.29, 1.82) is 0 Å². The quantitative estimate of drug-likeness (QED) is 0.641. The van der Waals surface area contributed by atoms with E-state index in [2.05, 4.69) is 11.4 Å². The molecule has 0 radical (unpaired) electrons. The minimum atomic E-state index is 0.0904. The van der Waals surface area contributed by atoms with Crippen molar-refractivity contribution in [3.63, 3.8) is 0 Å². The van der Waals surface area contributed by atoms with Gasteiger partial charge >= 0.3 is 0 Å². The number of rotatable bonds is 2. The fourth-order valence-electron chi connectivity index (χ4n) is 5.73. The summed E-state index contributed by atoms with van der Waals surface area (Å²) in [4.78, 5) is 4.83. The number of nitrogens with two attached hydrogens (primary N) is 1. The largest absolute Gasteiger partial charge is 0.493 e. The lowest BCUT2D eigenvalue weighted by Gasteiger charge is -2.57. The van der Waals surface area contributed by atoms with E-state index in [4.69, 9.17) is 20.2 Å². The van der Waals surface area contributed by atoms with E-state index >= 15 is 0 Å². The van der Waals surface area contributed by atoms with E-state index < -0.39 is 0 Å². The summed E-state index contributed by atoms with van der Waals surface area (Å²) in [7, 11) is 0. The third-order valence-corrected chi connectivity index (χ3v) is 6.81. The van der Waals surface area contributed by atoms with Gasteiger partial charge in [-0.05, 0) is 25.3 Å². The van der Waals surface area contributed by atoms with Crippen LogP contribution in [0.2, 0.25) is 0 Å². The van der Waals surface area contributed by atoms with Gasteiger partial charge in [0.05, 0.1) is 18.8 Å². The van der Waals surface area contributed by atoms with Crippen LogP contribution in [0.15, 0.2) is 29.3 Å². The van der Waals surface area contributed by atoms with Crippen molar-refractivity contribution in [2.45, 2.75) is 56.7 Å². The van der Waals surface area contributed by atoms with Gasteiger partial charge in [-0.1, -0.05) is 31.0 Å². The Balaban J connectivity index is 1.35. The van der Waals surface area contributed by atoms with Crippen LogP contribution >= 0.6 is 0 Å². The van der Waals surface area contributed by atoms with Crippen LogP contribution in [0.4, 0.5) is 0 Å². The van der Waals surface area contributed by atoms with Crippen molar-refractivity contribution in [3.05, 3.63) is 29.8 Å². The first-order valence-electron chi connectivity index (χ1n) is 9.71. The second-order valence-corrected chi connectivity index (χ2v) is 8.01. The van der Waals surface area contributed by atoms with Gasteiger partial charge in [0.15, 0.2) is 5.96 Å². The molecule has 25 heavy (non-hydrogen) atoms. The molecule has 4 atom stereocenters. The van der Waals surface area contributed by atoms with Gasteiger partial charge in [0.1, 0.15) is 5.75 Å². The SMILES string of the molecule is NC(=NC1CCOc2ccccc21)NC1C2CCOC2C12CCCC2. The van der Waals surface area contributed by atoms with Crippen molar-refractivity contribution in [1.82, 2.24) is 5.32 Å². The number of para-hydroxylation sites is 1. The Labute approximate surface area is 149 Å². The Hall–Kier alpha value is -1.75. The van der Waals surface area contributed by atoms with Crippen LogP contribution in [-0.2, 0) is 4.74 Å². The van der Waals surface area contributed by atoms with E-state index in [9.17, 15) is 0 Å². The molecule has 2 heterocycles. The second kappa shape index (κ2) is 5.90. The van der Waals surface area contributed by atoms with Gasteiger partial charge < -0.3 is 20.5 Å². The highest BCUT2D eigenvalue weighted by Gasteiger charge is 2.65. The van der Waals surface area contributed by atoms with E-state index in [0.29, 0.717) is 36.0 Å². The van der Waals surface area contributed by atoms with Crippen molar-refractivity contribution in [3.8, 4) is 5.75 Å². The summed E-state index contributed by atoms with van der Waals surface area (Å²) in [5.41, 5.74) is 7.81. The second-order valence-electron chi connectivity index (χ2n) is 8.01. The summed E-state index contributed by atoms with van der Waals surface area (Å²) < 4.78 is 11.8. The van der Waals surface area contributed by atoms with E-state index in [1.807, 2.05) is 18.2 Å². The molecule has 2 saturated carbocycles. The maximum absolute atomic E-state index is 6.36. The molecule has 1 aromatic rings. The Morgan fingerprint density at radius 1 is 1.16 bits per heavy atom. The molecule has 1 aromatic carbocycles. The highest BCUT2D eigenvalue weighted by molar-refractivity contribution is 5.79. The van der Waals surface area contributed by atoms with Crippen molar-refractivity contribution < 1.29 is 9.47 Å². The Morgan fingerprint density at radius 3 is 2.88 bits per heavy atom. The fraction of sp³-hybridized carbons (Fsp3) is 0.650. The van der Waals surface area contributed by atoms with Crippen LogP contribution < -0.4 is 15.8 Å². The monoisotopic (exact) mass is 341 g/mol. The predicted molar refractivity (Wildman–Crippen MR) is 96.6 cm³/mol. The number of benzene rings is 1. The standard InChI is InChI=1S/C20H27N3O2/c21-19(22-15-8-12-24-16-6-2-1-5-13(15)16)23-17-14-7-11-25-18(14)20(17)9-3-4-10-20/h1-2,5-6,14-15,17-18H,3-4,7-12H2,(H3,21,22,23). The van der Waals surface area contributed by atoms with Gasteiger partial charge in [0.25, 0.3) is 0 Å². The van der Waals surface area contributed by atoms with Gasteiger partial charge in [-0.15, -0.1) is 0 Å². The van der Waals surface area contributed by atoms with E-state index in [0.717, 1.165) is 30.8 Å². The summed E-state index contributed by atoms with van der Waals surface area (Å²) >= 11 is 0. The molecule has 1 spiro atoms. The topological polar surface area (TPSA) is 68.9 Å². The summed E-state index contributed by atoms with van der Waals surface area (Å²) in [6, 6.07) is 8.68. The normalized spacial score (nSPS) is 35.6. The highest BCUT2D eigenvalue weighted by Crippen LogP contribution is 2.60. The van der Waals surface area contributed by atoms with Crippen LogP contribution in [0.5, 0.6) is 5.75 Å². The van der Waals surface area contributed by atoms with Gasteiger partial charge in [-0.2, -0.15) is 0 Å². The molecule has 4 aliphatic rings. The predicted octanol–water partition coefficient (Wildman–Crippen LogP) is 2.76. The zero-order valence-electron chi connectivity index (χ0n) is 14.6. The van der Waals surface area contributed by atoms with Gasteiger partial charge in [-0.3, -0.25) is 0 Å². The number of aliphatic imine (C=N–C) groups is 1. The Kier molecular flexibility index (Phi) is 3.66. The van der Waals surface area contributed by atoms with E-state index in [-0.39, 0.29) is 6.04 Å². The molecule has 5 heteroatoms. The Bertz CT molecular complexity index is 683. The lowest BCUT2D eigenvalue weighted by Crippen LogP contribution is -2.69. The first-order chi connectivity index (χ1) is 12.3. The molecular formula is C20H27N3O2. The van der Waals surface area contributed by atoms with Gasteiger partial charge in [0.2, 0.25) is 0 Å².